The Morgan fingerprint density at radius 2 is 1.83 bits per heavy atom. The van der Waals surface area contributed by atoms with E-state index in [9.17, 15) is 14.4 Å². The Morgan fingerprint density at radius 1 is 1.07 bits per heavy atom. The van der Waals surface area contributed by atoms with E-state index in [1.165, 1.54) is 12.3 Å². The van der Waals surface area contributed by atoms with E-state index in [0.29, 0.717) is 26.8 Å². The Labute approximate surface area is 181 Å². The van der Waals surface area contributed by atoms with Gasteiger partial charge in [-0.15, -0.1) is 0 Å². The van der Waals surface area contributed by atoms with E-state index < -0.39 is 5.97 Å². The first-order valence-corrected chi connectivity index (χ1v) is 10.1. The molecule has 0 bridgehead atoms. The highest BCUT2D eigenvalue weighted by Crippen LogP contribution is 2.34. The molecule has 2 amide bonds. The van der Waals surface area contributed by atoms with E-state index in [4.69, 9.17) is 20.8 Å². The molecule has 0 aliphatic carbocycles. The normalized spacial score (nSPS) is 15.1. The summed E-state index contributed by atoms with van der Waals surface area (Å²) in [5.74, 6) is -0.543. The number of hydrogen-bond acceptors (Lipinski definition) is 6. The van der Waals surface area contributed by atoms with Crippen LogP contribution in [0.4, 0.5) is 4.79 Å². The van der Waals surface area contributed by atoms with Gasteiger partial charge in [-0.1, -0.05) is 41.9 Å². The van der Waals surface area contributed by atoms with Gasteiger partial charge in [0.25, 0.3) is 11.1 Å². The second-order valence-electron chi connectivity index (χ2n) is 6.30. The van der Waals surface area contributed by atoms with Gasteiger partial charge in [0.15, 0.2) is 0 Å². The van der Waals surface area contributed by atoms with Crippen molar-refractivity contribution in [2.24, 2.45) is 0 Å². The summed E-state index contributed by atoms with van der Waals surface area (Å²) in [6.45, 7) is 0.114. The van der Waals surface area contributed by atoms with Crippen LogP contribution in [-0.4, -0.2) is 22.0 Å². The summed E-state index contributed by atoms with van der Waals surface area (Å²) in [5.41, 5.74) is 1.39. The third-order valence-electron chi connectivity index (χ3n) is 4.27. The largest absolute Gasteiger partial charge is 0.457 e. The Bertz CT molecular complexity index is 1140. The molecule has 1 aromatic heterocycles. The summed E-state index contributed by atoms with van der Waals surface area (Å²) >= 11 is 7.01. The number of nitrogens with zero attached hydrogens (tertiary/aromatic N) is 1. The van der Waals surface area contributed by atoms with E-state index in [2.05, 4.69) is 0 Å². The maximum atomic E-state index is 12.7. The zero-order valence-corrected chi connectivity index (χ0v) is 17.0. The van der Waals surface area contributed by atoms with Crippen molar-refractivity contribution in [1.82, 2.24) is 4.90 Å². The summed E-state index contributed by atoms with van der Waals surface area (Å²) in [5, 5.41) is 0.149. The number of rotatable bonds is 5. The van der Waals surface area contributed by atoms with E-state index in [0.717, 1.165) is 16.7 Å². The van der Waals surface area contributed by atoms with Gasteiger partial charge in [-0.05, 0) is 59.3 Å². The Morgan fingerprint density at radius 3 is 2.53 bits per heavy atom. The number of imide groups is 1. The van der Waals surface area contributed by atoms with Crippen molar-refractivity contribution in [2.45, 2.75) is 6.54 Å². The summed E-state index contributed by atoms with van der Waals surface area (Å²) in [6, 6.07) is 16.8. The third-order valence-corrected chi connectivity index (χ3v) is 5.55. The van der Waals surface area contributed by atoms with Gasteiger partial charge in [0.05, 0.1) is 17.7 Å². The highest BCUT2D eigenvalue weighted by molar-refractivity contribution is 8.18. The maximum absolute atomic E-state index is 12.7. The van der Waals surface area contributed by atoms with Crippen molar-refractivity contribution >= 4 is 46.6 Å². The molecule has 1 fully saturated rings. The number of benzene rings is 2. The maximum Gasteiger partial charge on any atom is 0.379 e. The first-order chi connectivity index (χ1) is 14.5. The van der Waals surface area contributed by atoms with Crippen LogP contribution in [0.5, 0.6) is 5.75 Å². The average Bonchev–Trinajstić information content (AvgIpc) is 3.36. The lowest BCUT2D eigenvalue weighted by Gasteiger charge is -2.13. The molecule has 8 heteroatoms. The van der Waals surface area contributed by atoms with Crippen LogP contribution in [0.3, 0.4) is 0 Å². The summed E-state index contributed by atoms with van der Waals surface area (Å²) in [7, 11) is 0. The molecule has 2 heterocycles. The summed E-state index contributed by atoms with van der Waals surface area (Å²) in [6.07, 6.45) is 3.01. The van der Waals surface area contributed by atoms with E-state index >= 15 is 0 Å². The molecule has 0 N–H and O–H groups in total. The zero-order chi connectivity index (χ0) is 21.1. The standard InChI is InChI=1S/C22H14ClNO5S/c23-17-5-2-1-4-15(17)13-24-20(25)19(30-22(24)27)12-14-7-9-16(10-8-14)29-21(26)18-6-3-11-28-18/h1-12H,13H2/b19-12-. The number of thioether (sulfide) groups is 1. The van der Waals surface area contributed by atoms with Crippen molar-refractivity contribution in [3.63, 3.8) is 0 Å². The number of halogens is 1. The number of furan rings is 1. The van der Waals surface area contributed by atoms with Crippen molar-refractivity contribution in [3.8, 4) is 5.75 Å². The molecule has 6 nitrogen and oxygen atoms in total. The molecule has 0 saturated carbocycles. The zero-order valence-electron chi connectivity index (χ0n) is 15.4. The molecule has 0 atom stereocenters. The minimum Gasteiger partial charge on any atom is -0.457 e. The predicted molar refractivity (Wildman–Crippen MR) is 113 cm³/mol. The number of carbonyl (C=O) groups excluding carboxylic acids is 3. The second kappa shape index (κ2) is 8.61. The molecule has 150 valence electrons. The summed E-state index contributed by atoms with van der Waals surface area (Å²) in [4.78, 5) is 38.4. The smallest absolute Gasteiger partial charge is 0.379 e. The van der Waals surface area contributed by atoms with Crippen molar-refractivity contribution in [3.05, 3.63) is 93.7 Å². The van der Waals surface area contributed by atoms with Crippen molar-refractivity contribution < 1.29 is 23.5 Å². The van der Waals surface area contributed by atoms with Crippen LogP contribution in [0.2, 0.25) is 5.02 Å². The van der Waals surface area contributed by atoms with E-state index in [1.807, 2.05) is 0 Å². The van der Waals surface area contributed by atoms with Crippen LogP contribution in [0, 0.1) is 0 Å². The van der Waals surface area contributed by atoms with Crippen LogP contribution in [0.15, 0.2) is 76.2 Å². The number of esters is 1. The lowest BCUT2D eigenvalue weighted by Crippen LogP contribution is -2.27. The molecule has 0 spiro atoms. The third kappa shape index (κ3) is 4.32. The minimum atomic E-state index is -0.603. The van der Waals surface area contributed by atoms with E-state index in [-0.39, 0.29) is 23.5 Å². The molecule has 2 aromatic carbocycles. The lowest BCUT2D eigenvalue weighted by atomic mass is 10.2. The van der Waals surface area contributed by atoms with Crippen LogP contribution in [-0.2, 0) is 11.3 Å². The fourth-order valence-corrected chi connectivity index (χ4v) is 3.80. The number of hydrogen-bond donors (Lipinski definition) is 0. The SMILES string of the molecule is O=C(Oc1ccc(/C=C2\SC(=O)N(Cc3ccccc3Cl)C2=O)cc1)c1ccco1. The van der Waals surface area contributed by atoms with Gasteiger partial charge in [-0.25, -0.2) is 4.79 Å². The topological polar surface area (TPSA) is 76.8 Å². The second-order valence-corrected chi connectivity index (χ2v) is 7.70. The fraction of sp³-hybridized carbons (Fsp3) is 0.0455. The van der Waals surface area contributed by atoms with Gasteiger partial charge in [-0.2, -0.15) is 0 Å². The summed E-state index contributed by atoms with van der Waals surface area (Å²) < 4.78 is 10.2. The highest BCUT2D eigenvalue weighted by Gasteiger charge is 2.35. The number of carbonyl (C=O) groups is 3. The van der Waals surface area contributed by atoms with Gasteiger partial charge >= 0.3 is 5.97 Å². The van der Waals surface area contributed by atoms with Crippen molar-refractivity contribution in [1.29, 1.82) is 0 Å². The fourth-order valence-electron chi connectivity index (χ4n) is 2.77. The highest BCUT2D eigenvalue weighted by atomic mass is 35.5. The minimum absolute atomic E-state index is 0.103. The molecule has 1 aliphatic heterocycles. The first kappa shape index (κ1) is 20.0. The van der Waals surface area contributed by atoms with Gasteiger partial charge in [0.1, 0.15) is 5.75 Å². The van der Waals surface area contributed by atoms with Gasteiger partial charge in [-0.3, -0.25) is 14.5 Å². The molecule has 1 saturated heterocycles. The quantitative estimate of drug-likeness (QED) is 0.301. The van der Waals surface area contributed by atoms with E-state index in [1.54, 1.807) is 60.7 Å². The molecular weight excluding hydrogens is 426 g/mol. The van der Waals surface area contributed by atoms with Crippen LogP contribution in [0.1, 0.15) is 21.7 Å². The predicted octanol–water partition coefficient (Wildman–Crippen LogP) is 5.39. The number of ether oxygens (including phenoxy) is 1. The number of amides is 2. The molecule has 4 rings (SSSR count). The Hall–Kier alpha value is -3.29. The first-order valence-electron chi connectivity index (χ1n) is 8.86. The average molecular weight is 440 g/mol. The van der Waals surface area contributed by atoms with Crippen molar-refractivity contribution in [2.75, 3.05) is 0 Å². The van der Waals surface area contributed by atoms with Gasteiger partial charge in [0.2, 0.25) is 5.76 Å². The molecular formula is C22H14ClNO5S. The van der Waals surface area contributed by atoms with Crippen LogP contribution >= 0.6 is 23.4 Å². The van der Waals surface area contributed by atoms with Crippen LogP contribution in [0.25, 0.3) is 6.08 Å². The molecule has 30 heavy (non-hydrogen) atoms. The Kier molecular flexibility index (Phi) is 5.74. The monoisotopic (exact) mass is 439 g/mol. The molecule has 0 radical (unpaired) electrons. The van der Waals surface area contributed by atoms with Gasteiger partial charge < -0.3 is 9.15 Å². The molecule has 0 unspecified atom stereocenters. The van der Waals surface area contributed by atoms with Crippen LogP contribution < -0.4 is 4.74 Å². The Balaban J connectivity index is 1.45. The lowest BCUT2D eigenvalue weighted by molar-refractivity contribution is -0.123. The molecule has 3 aromatic rings. The van der Waals surface area contributed by atoms with Gasteiger partial charge in [0, 0.05) is 5.02 Å². The molecule has 1 aliphatic rings.